The van der Waals surface area contributed by atoms with Crippen LogP contribution in [0.2, 0.25) is 0 Å². The number of anilines is 2. The Morgan fingerprint density at radius 2 is 2.04 bits per heavy atom. The maximum absolute atomic E-state index is 12.5. The third kappa shape index (κ3) is 4.36. The average Bonchev–Trinajstić information content (AvgIpc) is 2.95. The molecule has 0 aromatic heterocycles. The zero-order chi connectivity index (χ0) is 20.5. The first kappa shape index (κ1) is 19.9. The van der Waals surface area contributed by atoms with Gasteiger partial charge in [-0.25, -0.2) is 4.79 Å². The average molecular weight is 391 g/mol. The minimum atomic E-state index is -0.609. The van der Waals surface area contributed by atoms with E-state index < -0.39 is 11.7 Å². The molecule has 0 bridgehead atoms. The zero-order valence-corrected chi connectivity index (χ0v) is 16.5. The number of nitrogens with zero attached hydrogens (tertiary/aromatic N) is 2. The number of hydrogen-bond donors (Lipinski definition) is 1. The summed E-state index contributed by atoms with van der Waals surface area (Å²) in [5.41, 5.74) is 0.561. The predicted molar refractivity (Wildman–Crippen MR) is 101 cm³/mol. The van der Waals surface area contributed by atoms with Crippen LogP contribution < -0.4 is 19.9 Å². The van der Waals surface area contributed by atoms with Crippen LogP contribution in [0.25, 0.3) is 0 Å². The van der Waals surface area contributed by atoms with Crippen molar-refractivity contribution in [1.29, 1.82) is 0 Å². The molecule has 1 aromatic carbocycles. The van der Waals surface area contributed by atoms with Crippen LogP contribution in [0, 0.1) is 0 Å². The molecule has 1 aromatic rings. The number of amides is 3. The summed E-state index contributed by atoms with van der Waals surface area (Å²) in [4.78, 5) is 39.6. The van der Waals surface area contributed by atoms with Crippen LogP contribution in [-0.2, 0) is 19.1 Å². The van der Waals surface area contributed by atoms with Gasteiger partial charge in [0.1, 0.15) is 18.1 Å². The number of ether oxygens (including phenoxy) is 3. The van der Waals surface area contributed by atoms with Crippen molar-refractivity contribution >= 4 is 29.3 Å². The molecule has 1 atom stereocenters. The highest BCUT2D eigenvalue weighted by Gasteiger charge is 2.34. The van der Waals surface area contributed by atoms with Gasteiger partial charge in [-0.3, -0.25) is 14.5 Å². The summed E-state index contributed by atoms with van der Waals surface area (Å²) in [6, 6.07) is 4.85. The molecule has 152 valence electrons. The van der Waals surface area contributed by atoms with E-state index in [0.717, 1.165) is 0 Å². The number of carbonyl (C=O) groups is 3. The molecule has 0 radical (unpaired) electrons. The normalized spacial score (nSPS) is 19.4. The van der Waals surface area contributed by atoms with Crippen LogP contribution in [0.3, 0.4) is 0 Å². The van der Waals surface area contributed by atoms with Crippen LogP contribution in [-0.4, -0.2) is 56.5 Å². The SMILES string of the molecule is COCN1C(=O)COc2ccc(N3C[C@@H](NC(=O)OC(C)(C)C)CC3=O)cc21. The lowest BCUT2D eigenvalue weighted by Crippen LogP contribution is -2.41. The highest BCUT2D eigenvalue weighted by molar-refractivity contribution is 6.01. The molecule has 1 N–H and O–H groups in total. The van der Waals surface area contributed by atoms with Gasteiger partial charge < -0.3 is 24.4 Å². The fourth-order valence-electron chi connectivity index (χ4n) is 3.16. The number of fused-ring (bicyclic) bond motifs is 1. The molecule has 2 aliphatic rings. The Balaban J connectivity index is 1.74. The number of nitrogens with one attached hydrogen (secondary N) is 1. The Bertz CT molecular complexity index is 788. The molecule has 9 heteroatoms. The van der Waals surface area contributed by atoms with Gasteiger partial charge in [-0.05, 0) is 39.0 Å². The fourth-order valence-corrected chi connectivity index (χ4v) is 3.16. The van der Waals surface area contributed by atoms with E-state index in [0.29, 0.717) is 23.7 Å². The summed E-state index contributed by atoms with van der Waals surface area (Å²) in [5, 5.41) is 2.73. The molecular weight excluding hydrogens is 366 g/mol. The monoisotopic (exact) mass is 391 g/mol. The number of hydrogen-bond acceptors (Lipinski definition) is 6. The molecule has 1 saturated heterocycles. The number of alkyl carbamates (subject to hydrolysis) is 1. The van der Waals surface area contributed by atoms with Crippen molar-refractivity contribution in [2.24, 2.45) is 0 Å². The standard InChI is InChI=1S/C19H25N3O6/c1-19(2,3)28-18(25)20-12-7-16(23)21(9-12)13-5-6-15-14(8-13)22(11-26-4)17(24)10-27-15/h5-6,8,12H,7,9-11H2,1-4H3,(H,20,25)/t12-/m0/s1. The van der Waals surface area contributed by atoms with Crippen LogP contribution >= 0.6 is 0 Å². The minimum absolute atomic E-state index is 0.0553. The van der Waals surface area contributed by atoms with E-state index in [-0.39, 0.29) is 37.6 Å². The summed E-state index contributed by atoms with van der Waals surface area (Å²) >= 11 is 0. The Morgan fingerprint density at radius 1 is 1.29 bits per heavy atom. The number of methoxy groups -OCH3 is 1. The largest absolute Gasteiger partial charge is 0.482 e. The smallest absolute Gasteiger partial charge is 0.407 e. The summed E-state index contributed by atoms with van der Waals surface area (Å²) in [5.74, 6) is 0.210. The number of carbonyl (C=O) groups excluding carboxylic acids is 3. The lowest BCUT2D eigenvalue weighted by Gasteiger charge is -2.30. The molecule has 0 spiro atoms. The lowest BCUT2D eigenvalue weighted by molar-refractivity contribution is -0.122. The van der Waals surface area contributed by atoms with E-state index in [4.69, 9.17) is 14.2 Å². The highest BCUT2D eigenvalue weighted by Crippen LogP contribution is 2.36. The maximum atomic E-state index is 12.5. The van der Waals surface area contributed by atoms with E-state index in [1.165, 1.54) is 12.0 Å². The Morgan fingerprint density at radius 3 is 2.71 bits per heavy atom. The molecule has 0 aliphatic carbocycles. The molecule has 0 saturated carbocycles. The van der Waals surface area contributed by atoms with Gasteiger partial charge in [-0.1, -0.05) is 0 Å². The van der Waals surface area contributed by atoms with Gasteiger partial charge >= 0.3 is 6.09 Å². The number of benzene rings is 1. The summed E-state index contributed by atoms with van der Waals surface area (Å²) in [6.45, 7) is 5.69. The highest BCUT2D eigenvalue weighted by atomic mass is 16.6. The van der Waals surface area contributed by atoms with Crippen molar-refractivity contribution in [3.63, 3.8) is 0 Å². The van der Waals surface area contributed by atoms with Crippen molar-refractivity contribution < 1.29 is 28.6 Å². The topological polar surface area (TPSA) is 97.4 Å². The molecule has 0 unspecified atom stereocenters. The second-order valence-corrected chi connectivity index (χ2v) is 7.73. The number of rotatable bonds is 4. The first-order valence-electron chi connectivity index (χ1n) is 9.04. The van der Waals surface area contributed by atoms with Crippen LogP contribution in [0.1, 0.15) is 27.2 Å². The van der Waals surface area contributed by atoms with E-state index in [1.807, 2.05) is 0 Å². The van der Waals surface area contributed by atoms with Crippen LogP contribution in [0.5, 0.6) is 5.75 Å². The third-order valence-electron chi connectivity index (χ3n) is 4.30. The van der Waals surface area contributed by atoms with Gasteiger partial charge in [-0.2, -0.15) is 0 Å². The van der Waals surface area contributed by atoms with Crippen molar-refractivity contribution in [1.82, 2.24) is 5.32 Å². The van der Waals surface area contributed by atoms with Crippen molar-refractivity contribution in [2.45, 2.75) is 38.8 Å². The van der Waals surface area contributed by atoms with Gasteiger partial charge in [0.05, 0.1) is 11.7 Å². The molecule has 2 heterocycles. The summed E-state index contributed by atoms with van der Waals surface area (Å²) < 4.78 is 15.8. The molecule has 9 nitrogen and oxygen atoms in total. The predicted octanol–water partition coefficient (Wildman–Crippen LogP) is 1.65. The summed E-state index contributed by atoms with van der Waals surface area (Å²) in [6.07, 6.45) is -0.379. The van der Waals surface area contributed by atoms with E-state index in [2.05, 4.69) is 5.32 Å². The molecule has 28 heavy (non-hydrogen) atoms. The second-order valence-electron chi connectivity index (χ2n) is 7.73. The fraction of sp³-hybridized carbons (Fsp3) is 0.526. The van der Waals surface area contributed by atoms with Gasteiger partial charge in [0.25, 0.3) is 5.91 Å². The van der Waals surface area contributed by atoms with Crippen LogP contribution in [0.15, 0.2) is 18.2 Å². The third-order valence-corrected chi connectivity index (χ3v) is 4.30. The molecule has 2 aliphatic heterocycles. The molecule has 3 rings (SSSR count). The van der Waals surface area contributed by atoms with Crippen LogP contribution in [0.4, 0.5) is 16.2 Å². The lowest BCUT2D eigenvalue weighted by atomic mass is 10.2. The Kier molecular flexibility index (Phi) is 5.46. The van der Waals surface area contributed by atoms with Gasteiger partial charge in [0.2, 0.25) is 5.91 Å². The van der Waals surface area contributed by atoms with Gasteiger partial charge in [0.15, 0.2) is 6.61 Å². The quantitative estimate of drug-likeness (QED) is 0.838. The van der Waals surface area contributed by atoms with E-state index >= 15 is 0 Å². The Hall–Kier alpha value is -2.81. The Labute approximate surface area is 163 Å². The van der Waals surface area contributed by atoms with Crippen molar-refractivity contribution in [3.05, 3.63) is 18.2 Å². The van der Waals surface area contributed by atoms with Crippen molar-refractivity contribution in [3.8, 4) is 5.75 Å². The van der Waals surface area contributed by atoms with Gasteiger partial charge in [0, 0.05) is 25.8 Å². The summed E-state index contributed by atoms with van der Waals surface area (Å²) in [7, 11) is 1.50. The van der Waals surface area contributed by atoms with E-state index in [1.54, 1.807) is 43.9 Å². The zero-order valence-electron chi connectivity index (χ0n) is 16.5. The van der Waals surface area contributed by atoms with Gasteiger partial charge in [-0.15, -0.1) is 0 Å². The first-order valence-corrected chi connectivity index (χ1v) is 9.04. The molecule has 3 amide bonds. The second kappa shape index (κ2) is 7.67. The maximum Gasteiger partial charge on any atom is 0.407 e. The molecular formula is C19H25N3O6. The first-order chi connectivity index (χ1) is 13.2. The molecule has 1 fully saturated rings. The van der Waals surface area contributed by atoms with Crippen molar-refractivity contribution in [2.75, 3.05) is 36.8 Å². The minimum Gasteiger partial charge on any atom is -0.482 e. The van der Waals surface area contributed by atoms with E-state index in [9.17, 15) is 14.4 Å².